The van der Waals surface area contributed by atoms with Crippen LogP contribution < -0.4 is 10.6 Å². The predicted molar refractivity (Wildman–Crippen MR) is 116 cm³/mol. The van der Waals surface area contributed by atoms with Crippen molar-refractivity contribution in [3.8, 4) is 0 Å². The average molecular weight is 467 g/mol. The number of hydrogen-bond donors (Lipinski definition) is 2. The van der Waals surface area contributed by atoms with E-state index in [1.807, 2.05) is 11.6 Å². The van der Waals surface area contributed by atoms with Crippen LogP contribution in [-0.4, -0.2) is 38.4 Å². The van der Waals surface area contributed by atoms with Crippen LogP contribution in [0.1, 0.15) is 19.2 Å². The van der Waals surface area contributed by atoms with Gasteiger partial charge in [0.1, 0.15) is 12.9 Å². The number of aliphatic imine (C=N–C) groups is 1. The lowest BCUT2D eigenvalue weighted by molar-refractivity contribution is 0.640. The Hall–Kier alpha value is -2.10. The van der Waals surface area contributed by atoms with Gasteiger partial charge in [0, 0.05) is 38.4 Å². The third-order valence-corrected chi connectivity index (χ3v) is 4.08. The van der Waals surface area contributed by atoms with E-state index in [0.29, 0.717) is 6.54 Å². The molecular weight excluding hydrogens is 441 g/mol. The first-order valence-corrected chi connectivity index (χ1v) is 8.67. The Bertz CT molecular complexity index is 837. The molecule has 0 saturated carbocycles. The Morgan fingerprint density at radius 3 is 2.81 bits per heavy atom. The van der Waals surface area contributed by atoms with E-state index in [9.17, 15) is 0 Å². The minimum Gasteiger partial charge on any atom is -0.357 e. The summed E-state index contributed by atoms with van der Waals surface area (Å²) in [4.78, 5) is 4.57. The number of fused-ring (bicyclic) bond motifs is 1. The molecule has 2 heterocycles. The Balaban J connectivity index is 0.00000243. The van der Waals surface area contributed by atoms with Crippen molar-refractivity contribution in [2.75, 3.05) is 13.1 Å². The predicted octanol–water partition coefficient (Wildman–Crippen LogP) is 2.53. The SMILES string of the molecule is CCNC(=NCc1nncn1C)NCCCn1ccc2ccccc21.I. The van der Waals surface area contributed by atoms with Gasteiger partial charge in [0.25, 0.3) is 0 Å². The van der Waals surface area contributed by atoms with Gasteiger partial charge >= 0.3 is 0 Å². The molecule has 0 unspecified atom stereocenters. The number of aromatic nitrogens is 4. The zero-order valence-electron chi connectivity index (χ0n) is 15.2. The lowest BCUT2D eigenvalue weighted by atomic mass is 10.2. The molecule has 0 amide bonds. The molecule has 0 aliphatic rings. The molecule has 140 valence electrons. The molecule has 3 rings (SSSR count). The van der Waals surface area contributed by atoms with Gasteiger partial charge in [0.05, 0.1) is 0 Å². The quantitative estimate of drug-likeness (QED) is 0.243. The van der Waals surface area contributed by atoms with E-state index in [-0.39, 0.29) is 24.0 Å². The summed E-state index contributed by atoms with van der Waals surface area (Å²) in [6, 6.07) is 10.6. The first-order chi connectivity index (χ1) is 12.3. The van der Waals surface area contributed by atoms with Crippen molar-refractivity contribution in [3.05, 3.63) is 48.7 Å². The summed E-state index contributed by atoms with van der Waals surface area (Å²) in [5.41, 5.74) is 1.28. The Kier molecular flexibility index (Phi) is 7.89. The topological polar surface area (TPSA) is 72.1 Å². The van der Waals surface area contributed by atoms with Crippen molar-refractivity contribution in [1.29, 1.82) is 0 Å². The highest BCUT2D eigenvalue weighted by molar-refractivity contribution is 14.0. The molecule has 2 N–H and O–H groups in total. The van der Waals surface area contributed by atoms with Gasteiger partial charge in [0.2, 0.25) is 0 Å². The van der Waals surface area contributed by atoms with Crippen LogP contribution in [0.2, 0.25) is 0 Å². The summed E-state index contributed by atoms with van der Waals surface area (Å²) in [6.07, 6.45) is 4.86. The maximum absolute atomic E-state index is 4.57. The molecule has 0 aliphatic heterocycles. The molecule has 26 heavy (non-hydrogen) atoms. The van der Waals surface area contributed by atoms with E-state index in [1.54, 1.807) is 6.33 Å². The maximum atomic E-state index is 4.57. The summed E-state index contributed by atoms with van der Waals surface area (Å²) in [6.45, 7) is 5.23. The van der Waals surface area contributed by atoms with Gasteiger partial charge in [-0.3, -0.25) is 0 Å². The molecule has 0 saturated heterocycles. The molecule has 0 atom stereocenters. The number of nitrogens with zero attached hydrogens (tertiary/aromatic N) is 5. The molecule has 1 aromatic carbocycles. The minimum absolute atomic E-state index is 0. The number of aryl methyl sites for hydroxylation is 2. The molecule has 0 radical (unpaired) electrons. The zero-order chi connectivity index (χ0) is 17.5. The fraction of sp³-hybridized carbons (Fsp3) is 0.389. The summed E-state index contributed by atoms with van der Waals surface area (Å²) in [5, 5.41) is 15.9. The highest BCUT2D eigenvalue weighted by Gasteiger charge is 2.02. The average Bonchev–Trinajstić information content (AvgIpc) is 3.22. The Morgan fingerprint density at radius 2 is 2.04 bits per heavy atom. The number of guanidine groups is 1. The van der Waals surface area contributed by atoms with Gasteiger partial charge in [-0.25, -0.2) is 4.99 Å². The van der Waals surface area contributed by atoms with E-state index in [1.165, 1.54) is 10.9 Å². The summed E-state index contributed by atoms with van der Waals surface area (Å²) in [7, 11) is 1.92. The van der Waals surface area contributed by atoms with Crippen LogP contribution in [0.15, 0.2) is 47.8 Å². The first kappa shape index (κ1) is 20.2. The van der Waals surface area contributed by atoms with Crippen LogP contribution in [0.25, 0.3) is 10.9 Å². The monoisotopic (exact) mass is 467 g/mol. The van der Waals surface area contributed by atoms with E-state index in [0.717, 1.165) is 37.8 Å². The molecule has 2 aromatic heterocycles. The van der Waals surface area contributed by atoms with Crippen LogP contribution in [0.5, 0.6) is 0 Å². The number of rotatable bonds is 7. The van der Waals surface area contributed by atoms with Crippen molar-refractivity contribution >= 4 is 40.8 Å². The highest BCUT2D eigenvalue weighted by atomic mass is 127. The van der Waals surface area contributed by atoms with Gasteiger partial charge in [0.15, 0.2) is 11.8 Å². The smallest absolute Gasteiger partial charge is 0.191 e. The van der Waals surface area contributed by atoms with E-state index in [4.69, 9.17) is 0 Å². The Labute approximate surface area is 170 Å². The normalized spacial score (nSPS) is 11.4. The first-order valence-electron chi connectivity index (χ1n) is 8.67. The highest BCUT2D eigenvalue weighted by Crippen LogP contribution is 2.15. The lowest BCUT2D eigenvalue weighted by Crippen LogP contribution is -2.38. The van der Waals surface area contributed by atoms with Gasteiger partial charge in [-0.2, -0.15) is 0 Å². The van der Waals surface area contributed by atoms with E-state index < -0.39 is 0 Å². The Morgan fingerprint density at radius 1 is 1.19 bits per heavy atom. The van der Waals surface area contributed by atoms with Crippen molar-refractivity contribution in [3.63, 3.8) is 0 Å². The second-order valence-corrected chi connectivity index (χ2v) is 5.90. The summed E-state index contributed by atoms with van der Waals surface area (Å²) in [5.74, 6) is 1.65. The number of hydrogen-bond acceptors (Lipinski definition) is 3. The van der Waals surface area contributed by atoms with Crippen LogP contribution in [0.4, 0.5) is 0 Å². The van der Waals surface area contributed by atoms with Crippen LogP contribution >= 0.6 is 24.0 Å². The van der Waals surface area contributed by atoms with Gasteiger partial charge < -0.3 is 19.8 Å². The van der Waals surface area contributed by atoms with Crippen LogP contribution in [0.3, 0.4) is 0 Å². The van der Waals surface area contributed by atoms with Crippen molar-refractivity contribution in [1.82, 2.24) is 30.0 Å². The fourth-order valence-corrected chi connectivity index (χ4v) is 2.73. The number of halogens is 1. The van der Waals surface area contributed by atoms with E-state index >= 15 is 0 Å². The third-order valence-electron chi connectivity index (χ3n) is 4.08. The largest absolute Gasteiger partial charge is 0.357 e. The van der Waals surface area contributed by atoms with E-state index in [2.05, 4.69) is 73.8 Å². The number of nitrogens with one attached hydrogen (secondary N) is 2. The molecule has 0 spiro atoms. The van der Waals surface area contributed by atoms with Crippen LogP contribution in [0, 0.1) is 0 Å². The fourth-order valence-electron chi connectivity index (χ4n) is 2.73. The molecule has 8 heteroatoms. The zero-order valence-corrected chi connectivity index (χ0v) is 17.6. The van der Waals surface area contributed by atoms with Gasteiger partial charge in [-0.05, 0) is 30.9 Å². The third kappa shape index (κ3) is 5.20. The molecule has 0 aliphatic carbocycles. The number of para-hydroxylation sites is 1. The molecule has 0 fully saturated rings. The molecule has 0 bridgehead atoms. The summed E-state index contributed by atoms with van der Waals surface area (Å²) < 4.78 is 4.17. The standard InChI is InChI=1S/C18H25N7.HI/c1-3-19-18(21-13-17-23-22-14-24(17)2)20-10-6-11-25-12-9-15-7-4-5-8-16(15)25;/h4-5,7-9,12,14H,3,6,10-11,13H2,1-2H3,(H2,19,20,21);1H. The molecular formula is C18H26IN7. The lowest BCUT2D eigenvalue weighted by Gasteiger charge is -2.12. The molecule has 7 nitrogen and oxygen atoms in total. The minimum atomic E-state index is 0. The van der Waals surface area contributed by atoms with Crippen molar-refractivity contribution < 1.29 is 0 Å². The second kappa shape index (κ2) is 10.1. The molecule has 3 aromatic rings. The van der Waals surface area contributed by atoms with Crippen molar-refractivity contribution in [2.45, 2.75) is 26.4 Å². The number of benzene rings is 1. The van der Waals surface area contributed by atoms with Gasteiger partial charge in [-0.15, -0.1) is 34.2 Å². The van der Waals surface area contributed by atoms with Crippen molar-refractivity contribution in [2.24, 2.45) is 12.0 Å². The van der Waals surface area contributed by atoms with Crippen LogP contribution in [-0.2, 0) is 20.1 Å². The second-order valence-electron chi connectivity index (χ2n) is 5.90. The van der Waals surface area contributed by atoms with Gasteiger partial charge in [-0.1, -0.05) is 18.2 Å². The summed E-state index contributed by atoms with van der Waals surface area (Å²) >= 11 is 0. The maximum Gasteiger partial charge on any atom is 0.191 e.